The van der Waals surface area contributed by atoms with Crippen molar-refractivity contribution in [3.8, 4) is 0 Å². The molecule has 28 heavy (non-hydrogen) atoms. The van der Waals surface area contributed by atoms with Crippen LogP contribution in [0.15, 0.2) is 35.6 Å². The van der Waals surface area contributed by atoms with Gasteiger partial charge in [0.05, 0.1) is 24.2 Å². The number of carbonyl (C=O) groups is 1. The van der Waals surface area contributed by atoms with Crippen molar-refractivity contribution in [3.05, 3.63) is 47.5 Å². The van der Waals surface area contributed by atoms with E-state index in [4.69, 9.17) is 0 Å². The maximum Gasteiger partial charge on any atom is 0.317 e. The predicted molar refractivity (Wildman–Crippen MR) is 105 cm³/mol. The van der Waals surface area contributed by atoms with Crippen LogP contribution in [0.25, 0.3) is 0 Å². The molecule has 0 unspecified atom stereocenters. The van der Waals surface area contributed by atoms with Gasteiger partial charge >= 0.3 is 6.03 Å². The third-order valence-electron chi connectivity index (χ3n) is 4.25. The molecule has 0 aliphatic heterocycles. The van der Waals surface area contributed by atoms with E-state index in [1.54, 1.807) is 9.47 Å². The molecule has 2 amide bonds. The highest BCUT2D eigenvalue weighted by atomic mass is 32.2. The second kappa shape index (κ2) is 9.18. The van der Waals surface area contributed by atoms with Crippen LogP contribution in [0, 0.1) is 5.82 Å². The highest BCUT2D eigenvalue weighted by Crippen LogP contribution is 2.23. The van der Waals surface area contributed by atoms with Crippen molar-refractivity contribution in [2.75, 3.05) is 13.1 Å². The number of carbonyl (C=O) groups excluding carboxylic acids is 1. The van der Waals surface area contributed by atoms with Gasteiger partial charge in [0.25, 0.3) is 0 Å². The van der Waals surface area contributed by atoms with Gasteiger partial charge in [0.15, 0.2) is 0 Å². The molecule has 2 rings (SSSR count). The Hall–Kier alpha value is -2.42. The first kappa shape index (κ1) is 21.9. The second-order valence-electron chi connectivity index (χ2n) is 6.73. The molecule has 0 bridgehead atoms. The highest BCUT2D eigenvalue weighted by Gasteiger charge is 2.26. The number of aromatic nitrogens is 2. The number of hydrogen-bond donors (Lipinski definition) is 1. The Morgan fingerprint density at radius 1 is 1.25 bits per heavy atom. The van der Waals surface area contributed by atoms with Crippen molar-refractivity contribution in [1.82, 2.24) is 19.8 Å². The molecule has 0 saturated carbocycles. The predicted octanol–water partition coefficient (Wildman–Crippen LogP) is 3.13. The Kier molecular flexibility index (Phi) is 7.17. The number of rotatable bonds is 8. The Labute approximate surface area is 165 Å². The smallest absolute Gasteiger partial charge is 0.317 e. The third kappa shape index (κ3) is 5.09. The summed E-state index contributed by atoms with van der Waals surface area (Å²) >= 11 is 0. The molecule has 2 aromatic rings. The van der Waals surface area contributed by atoms with E-state index in [0.29, 0.717) is 24.3 Å². The average Bonchev–Trinajstić information content (AvgIpc) is 3.06. The molecule has 0 atom stereocenters. The van der Waals surface area contributed by atoms with E-state index in [-0.39, 0.29) is 29.5 Å². The zero-order chi connectivity index (χ0) is 20.9. The number of benzene rings is 1. The van der Waals surface area contributed by atoms with Crippen LogP contribution in [0.4, 0.5) is 9.18 Å². The van der Waals surface area contributed by atoms with Gasteiger partial charge in [-0.25, -0.2) is 22.6 Å². The van der Waals surface area contributed by atoms with E-state index >= 15 is 0 Å². The van der Waals surface area contributed by atoms with Crippen LogP contribution in [-0.2, 0) is 22.1 Å². The molecule has 1 N–H and O–H groups in total. The van der Waals surface area contributed by atoms with Crippen LogP contribution in [-0.4, -0.2) is 42.0 Å². The molecule has 0 radical (unpaired) electrons. The first-order chi connectivity index (χ1) is 13.2. The van der Waals surface area contributed by atoms with Gasteiger partial charge in [-0.3, -0.25) is 0 Å². The van der Waals surface area contributed by atoms with Crippen molar-refractivity contribution >= 4 is 15.9 Å². The van der Waals surface area contributed by atoms with Gasteiger partial charge in [-0.2, -0.15) is 0 Å². The Morgan fingerprint density at radius 3 is 2.43 bits per heavy atom. The highest BCUT2D eigenvalue weighted by molar-refractivity contribution is 7.90. The monoisotopic (exact) mass is 410 g/mol. The topological polar surface area (TPSA) is 84.3 Å². The van der Waals surface area contributed by atoms with Crippen LogP contribution in [0.5, 0.6) is 0 Å². The summed E-state index contributed by atoms with van der Waals surface area (Å²) in [5.41, 5.74) is 1.12. The normalized spacial score (nSPS) is 11.6. The summed E-state index contributed by atoms with van der Waals surface area (Å²) in [5.74, 6) is -0.693. The number of nitrogens with one attached hydrogen (secondary N) is 1. The van der Waals surface area contributed by atoms with E-state index in [0.717, 1.165) is 0 Å². The minimum Gasteiger partial charge on any atom is -0.338 e. The fraction of sp³-hybridized carbons (Fsp3) is 0.474. The fourth-order valence-electron chi connectivity index (χ4n) is 2.93. The number of urea groups is 1. The van der Waals surface area contributed by atoms with Gasteiger partial charge in [0, 0.05) is 19.1 Å². The van der Waals surface area contributed by atoms with Gasteiger partial charge in [0.2, 0.25) is 15.0 Å². The van der Waals surface area contributed by atoms with Gasteiger partial charge in [-0.1, -0.05) is 12.1 Å². The summed E-state index contributed by atoms with van der Waals surface area (Å²) in [6, 6.07) is 4.99. The number of imidazole rings is 1. The zero-order valence-electron chi connectivity index (χ0n) is 16.6. The van der Waals surface area contributed by atoms with Crippen LogP contribution in [0.3, 0.4) is 0 Å². The SMILES string of the molecule is CCNC(=O)N(CC)Cc1cnc(S(=O)(=O)Cc2ccc(F)cc2)n1C(C)C. The Balaban J connectivity index is 2.35. The van der Waals surface area contributed by atoms with Crippen LogP contribution >= 0.6 is 0 Å². The lowest BCUT2D eigenvalue weighted by Gasteiger charge is -2.23. The largest absolute Gasteiger partial charge is 0.338 e. The first-order valence-corrected chi connectivity index (χ1v) is 10.9. The van der Waals surface area contributed by atoms with Crippen molar-refractivity contribution in [3.63, 3.8) is 0 Å². The third-order valence-corrected chi connectivity index (χ3v) is 5.83. The summed E-state index contributed by atoms with van der Waals surface area (Å²) in [4.78, 5) is 17.9. The Morgan fingerprint density at radius 2 is 1.89 bits per heavy atom. The summed E-state index contributed by atoms with van der Waals surface area (Å²) in [6.45, 7) is 8.67. The quantitative estimate of drug-likeness (QED) is 0.725. The molecule has 154 valence electrons. The average molecular weight is 411 g/mol. The standard InChI is InChI=1S/C19H27FN4O3S/c1-5-21-18(25)23(6-2)12-17-11-22-19(24(17)14(3)4)28(26,27)13-15-7-9-16(20)10-8-15/h7-11,14H,5-6,12-13H2,1-4H3,(H,21,25). The zero-order valence-corrected chi connectivity index (χ0v) is 17.5. The molecule has 0 aliphatic rings. The lowest BCUT2D eigenvalue weighted by molar-refractivity contribution is 0.197. The van der Waals surface area contributed by atoms with E-state index < -0.39 is 15.7 Å². The van der Waals surface area contributed by atoms with E-state index in [1.165, 1.54) is 30.5 Å². The molecule has 7 nitrogen and oxygen atoms in total. The van der Waals surface area contributed by atoms with E-state index in [2.05, 4.69) is 10.3 Å². The molecule has 9 heteroatoms. The molecule has 1 heterocycles. The molecule has 1 aromatic heterocycles. The van der Waals surface area contributed by atoms with Crippen molar-refractivity contribution in [1.29, 1.82) is 0 Å². The second-order valence-corrected chi connectivity index (χ2v) is 8.61. The molecular weight excluding hydrogens is 383 g/mol. The van der Waals surface area contributed by atoms with Crippen LogP contribution < -0.4 is 5.32 Å². The number of halogens is 1. The van der Waals surface area contributed by atoms with Gasteiger partial charge < -0.3 is 14.8 Å². The van der Waals surface area contributed by atoms with E-state index in [9.17, 15) is 17.6 Å². The number of hydrogen-bond acceptors (Lipinski definition) is 4. The van der Waals surface area contributed by atoms with Gasteiger partial charge in [-0.05, 0) is 45.4 Å². The van der Waals surface area contributed by atoms with Gasteiger partial charge in [0.1, 0.15) is 5.82 Å². The van der Waals surface area contributed by atoms with Crippen molar-refractivity contribution < 1.29 is 17.6 Å². The molecule has 0 aliphatic carbocycles. The van der Waals surface area contributed by atoms with E-state index in [1.807, 2.05) is 27.7 Å². The number of nitrogens with zero attached hydrogens (tertiary/aromatic N) is 3. The molecule has 0 fully saturated rings. The summed E-state index contributed by atoms with van der Waals surface area (Å²) in [6.07, 6.45) is 1.50. The van der Waals surface area contributed by atoms with Gasteiger partial charge in [-0.15, -0.1) is 0 Å². The summed E-state index contributed by atoms with van der Waals surface area (Å²) in [5, 5.41) is 2.70. The number of sulfone groups is 1. The Bertz CT molecular complexity index is 908. The van der Waals surface area contributed by atoms with Crippen LogP contribution in [0.2, 0.25) is 0 Å². The molecule has 1 aromatic carbocycles. The van der Waals surface area contributed by atoms with Crippen molar-refractivity contribution in [2.45, 2.75) is 51.2 Å². The van der Waals surface area contributed by atoms with Crippen LogP contribution in [0.1, 0.15) is 45.0 Å². The summed E-state index contributed by atoms with van der Waals surface area (Å²) < 4.78 is 40.6. The maximum atomic E-state index is 13.1. The molecule has 0 saturated heterocycles. The number of amides is 2. The minimum absolute atomic E-state index is 0.0474. The minimum atomic E-state index is -3.74. The molecule has 0 spiro atoms. The lowest BCUT2D eigenvalue weighted by atomic mass is 10.2. The summed E-state index contributed by atoms with van der Waals surface area (Å²) in [7, 11) is -3.74. The molecular formula is C19H27FN4O3S. The lowest BCUT2D eigenvalue weighted by Crippen LogP contribution is -2.39. The maximum absolute atomic E-state index is 13.1. The fourth-order valence-corrected chi connectivity index (χ4v) is 4.53. The van der Waals surface area contributed by atoms with Crippen molar-refractivity contribution in [2.24, 2.45) is 0 Å². The first-order valence-electron chi connectivity index (χ1n) is 9.25.